The lowest BCUT2D eigenvalue weighted by molar-refractivity contribution is 0.0780. The predicted molar refractivity (Wildman–Crippen MR) is 179 cm³/mol. The van der Waals surface area contributed by atoms with Gasteiger partial charge < -0.3 is 25.2 Å². The van der Waals surface area contributed by atoms with Gasteiger partial charge in [0.25, 0.3) is 11.5 Å². The number of ether oxygens (including phenoxy) is 1. The molecule has 3 aromatic carbocycles. The van der Waals surface area contributed by atoms with Gasteiger partial charge in [0.2, 0.25) is 5.95 Å². The Morgan fingerprint density at radius 3 is 2.52 bits per heavy atom. The third-order valence-corrected chi connectivity index (χ3v) is 8.93. The quantitative estimate of drug-likeness (QED) is 0.271. The van der Waals surface area contributed by atoms with E-state index >= 15 is 0 Å². The minimum atomic E-state index is -0.384. The number of methoxy groups -OCH3 is 1. The summed E-state index contributed by atoms with van der Waals surface area (Å²) in [5, 5.41) is 0.697. The summed E-state index contributed by atoms with van der Waals surface area (Å²) in [5.41, 5.74) is 9.69. The maximum absolute atomic E-state index is 14.2. The largest absolute Gasteiger partial charge is 0.497 e. The summed E-state index contributed by atoms with van der Waals surface area (Å²) < 4.78 is 6.96. The highest BCUT2D eigenvalue weighted by Crippen LogP contribution is 2.41. The zero-order valence-corrected chi connectivity index (χ0v) is 26.5. The molecule has 1 fully saturated rings. The van der Waals surface area contributed by atoms with E-state index in [1.807, 2.05) is 65.3 Å². The molecule has 2 aromatic heterocycles. The number of nitrogens with two attached hydrogens (primary N) is 1. The molecule has 0 aliphatic carbocycles. The van der Waals surface area contributed by atoms with Gasteiger partial charge in [0.1, 0.15) is 23.0 Å². The first kappa shape index (κ1) is 29.5. The molecule has 46 heavy (non-hydrogen) atoms. The first-order chi connectivity index (χ1) is 22.2. The zero-order chi connectivity index (χ0) is 32.1. The van der Waals surface area contributed by atoms with Crippen molar-refractivity contribution >= 4 is 46.0 Å². The number of carbonyl (C=O) groups is 1. The molecule has 12 heteroatoms. The molecule has 2 aliphatic heterocycles. The first-order valence-corrected chi connectivity index (χ1v) is 15.5. The van der Waals surface area contributed by atoms with Crippen LogP contribution in [0, 0.1) is 6.92 Å². The van der Waals surface area contributed by atoms with Crippen LogP contribution in [-0.2, 0) is 6.54 Å². The molecular weight excluding hydrogens is 604 g/mol. The van der Waals surface area contributed by atoms with E-state index in [1.54, 1.807) is 41.8 Å². The average Bonchev–Trinajstić information content (AvgIpc) is 3.53. The average molecular weight is 637 g/mol. The summed E-state index contributed by atoms with van der Waals surface area (Å²) in [5.74, 6) is 2.07. The molecule has 5 aromatic rings. The smallest absolute Gasteiger partial charge is 0.267 e. The number of halogens is 1. The number of fused-ring (bicyclic) bond motifs is 2. The number of carbonyl (C=O) groups excluding carboxylic acids is 1. The minimum absolute atomic E-state index is 0.0609. The number of benzene rings is 3. The van der Waals surface area contributed by atoms with Gasteiger partial charge in [-0.3, -0.25) is 14.2 Å². The lowest BCUT2D eigenvalue weighted by Crippen LogP contribution is -2.46. The van der Waals surface area contributed by atoms with E-state index < -0.39 is 0 Å². The number of anilines is 3. The molecule has 1 saturated heterocycles. The lowest BCUT2D eigenvalue weighted by Gasteiger charge is -2.38. The maximum atomic E-state index is 14.2. The van der Waals surface area contributed by atoms with Gasteiger partial charge in [0.05, 0.1) is 41.4 Å². The summed E-state index contributed by atoms with van der Waals surface area (Å²) in [7, 11) is 3.39. The Morgan fingerprint density at radius 1 is 1.00 bits per heavy atom. The van der Waals surface area contributed by atoms with Gasteiger partial charge in [-0.25, -0.2) is 4.98 Å². The summed E-state index contributed by atoms with van der Waals surface area (Å²) in [6, 6.07) is 20.4. The van der Waals surface area contributed by atoms with Gasteiger partial charge in [-0.2, -0.15) is 9.97 Å². The summed E-state index contributed by atoms with van der Waals surface area (Å²) in [4.78, 5) is 48.1. The number of hydrogen-bond donors (Lipinski definition) is 1. The van der Waals surface area contributed by atoms with E-state index in [0.29, 0.717) is 70.8 Å². The van der Waals surface area contributed by atoms with Gasteiger partial charge in [0.15, 0.2) is 5.82 Å². The Balaban J connectivity index is 1.38. The number of amides is 1. The molecule has 234 valence electrons. The molecular formula is C34H33ClN8O3. The van der Waals surface area contributed by atoms with E-state index in [2.05, 4.69) is 9.97 Å². The normalized spacial score (nSPS) is 16.3. The number of aryl methyl sites for hydroxylation is 1. The standard InChI is InChI=1S/C34H33ClN8O3/c1-20-7-4-8-22(17-20)43-29(37-25-10-5-9-24(35)27(25)33(43)45)26-11-6-16-42(26)31-28-30(38-34(36)39-31)41(19-40(2)32(28)44)18-21-12-14-23(46-3)15-13-21/h4-5,7-10,12-15,17,26H,6,11,16,18-19H2,1-3H3,(H2,36,38,39). The van der Waals surface area contributed by atoms with Gasteiger partial charge in [-0.05, 0) is 67.3 Å². The second-order valence-corrected chi connectivity index (χ2v) is 12.1. The van der Waals surface area contributed by atoms with Crippen LogP contribution in [0.15, 0.2) is 71.5 Å². The molecule has 0 bridgehead atoms. The number of nitrogens with zero attached hydrogens (tertiary/aromatic N) is 7. The van der Waals surface area contributed by atoms with Crippen molar-refractivity contribution in [1.29, 1.82) is 0 Å². The Labute approximate surface area is 270 Å². The van der Waals surface area contributed by atoms with Crippen molar-refractivity contribution in [3.05, 3.63) is 105 Å². The number of rotatable bonds is 6. The molecule has 11 nitrogen and oxygen atoms in total. The molecule has 2 N–H and O–H groups in total. The molecule has 1 unspecified atom stereocenters. The summed E-state index contributed by atoms with van der Waals surface area (Å²) >= 11 is 6.56. The van der Waals surface area contributed by atoms with Crippen LogP contribution in [0.1, 0.15) is 46.2 Å². The third-order valence-electron chi connectivity index (χ3n) is 8.62. The second kappa shape index (κ2) is 11.6. The lowest BCUT2D eigenvalue weighted by atomic mass is 10.1. The SMILES string of the molecule is COc1ccc(CN2CN(C)C(=O)c3c2nc(N)nc3N2CCCC2c2nc3cccc(Cl)c3c(=O)n2-c2cccc(C)c2)cc1. The number of nitrogen functional groups attached to an aromatic ring is 1. The van der Waals surface area contributed by atoms with Crippen LogP contribution in [0.5, 0.6) is 5.75 Å². The van der Waals surface area contributed by atoms with Crippen molar-refractivity contribution in [1.82, 2.24) is 24.4 Å². The Morgan fingerprint density at radius 2 is 1.76 bits per heavy atom. The highest BCUT2D eigenvalue weighted by atomic mass is 35.5. The molecule has 7 rings (SSSR count). The van der Waals surface area contributed by atoms with Crippen LogP contribution in [0.2, 0.25) is 5.02 Å². The van der Waals surface area contributed by atoms with Gasteiger partial charge in [-0.15, -0.1) is 0 Å². The highest BCUT2D eigenvalue weighted by molar-refractivity contribution is 6.35. The van der Waals surface area contributed by atoms with E-state index in [9.17, 15) is 9.59 Å². The second-order valence-electron chi connectivity index (χ2n) is 11.7. The predicted octanol–water partition coefficient (Wildman–Crippen LogP) is 5.12. The highest BCUT2D eigenvalue weighted by Gasteiger charge is 2.39. The molecule has 0 spiro atoms. The molecule has 2 aliphatic rings. The van der Waals surface area contributed by atoms with Crippen LogP contribution in [0.3, 0.4) is 0 Å². The molecule has 0 radical (unpaired) electrons. The number of aromatic nitrogens is 4. The van der Waals surface area contributed by atoms with Crippen LogP contribution < -0.4 is 25.8 Å². The van der Waals surface area contributed by atoms with E-state index in [4.69, 9.17) is 27.1 Å². The summed E-state index contributed by atoms with van der Waals surface area (Å²) in [6.45, 7) is 3.39. The maximum Gasteiger partial charge on any atom is 0.267 e. The molecule has 0 saturated carbocycles. The first-order valence-electron chi connectivity index (χ1n) is 15.1. The van der Waals surface area contributed by atoms with Crippen LogP contribution in [0.25, 0.3) is 16.6 Å². The van der Waals surface area contributed by atoms with E-state index in [0.717, 1.165) is 23.3 Å². The van der Waals surface area contributed by atoms with Crippen molar-refractivity contribution in [3.63, 3.8) is 0 Å². The Hall–Kier alpha value is -5.16. The monoisotopic (exact) mass is 636 g/mol. The van der Waals surface area contributed by atoms with Crippen molar-refractivity contribution in [3.8, 4) is 11.4 Å². The molecule has 1 amide bonds. The fourth-order valence-electron chi connectivity index (χ4n) is 6.47. The van der Waals surface area contributed by atoms with Gasteiger partial charge >= 0.3 is 0 Å². The summed E-state index contributed by atoms with van der Waals surface area (Å²) in [6.07, 6.45) is 1.48. The van der Waals surface area contributed by atoms with Crippen molar-refractivity contribution < 1.29 is 9.53 Å². The zero-order valence-electron chi connectivity index (χ0n) is 25.8. The topological polar surface area (TPSA) is 123 Å². The number of hydrogen-bond acceptors (Lipinski definition) is 9. The van der Waals surface area contributed by atoms with Crippen molar-refractivity contribution in [2.24, 2.45) is 0 Å². The minimum Gasteiger partial charge on any atom is -0.497 e. The fraction of sp³-hybridized carbons (Fsp3) is 0.265. The van der Waals surface area contributed by atoms with Crippen LogP contribution in [0.4, 0.5) is 17.6 Å². The third kappa shape index (κ3) is 5.06. The van der Waals surface area contributed by atoms with Crippen molar-refractivity contribution in [2.45, 2.75) is 32.4 Å². The Kier molecular flexibility index (Phi) is 7.48. The van der Waals surface area contributed by atoms with Crippen molar-refractivity contribution in [2.75, 3.05) is 42.9 Å². The van der Waals surface area contributed by atoms with Gasteiger partial charge in [0, 0.05) is 20.1 Å². The van der Waals surface area contributed by atoms with Crippen LogP contribution >= 0.6 is 11.6 Å². The van der Waals surface area contributed by atoms with Crippen LogP contribution in [-0.4, -0.2) is 57.7 Å². The Bertz CT molecular complexity index is 2050. The van der Waals surface area contributed by atoms with E-state index in [1.165, 1.54) is 0 Å². The molecule has 1 atom stereocenters. The van der Waals surface area contributed by atoms with E-state index in [-0.39, 0.29) is 23.5 Å². The van der Waals surface area contributed by atoms with Gasteiger partial charge in [-0.1, -0.05) is 41.9 Å². The molecule has 4 heterocycles. The fourth-order valence-corrected chi connectivity index (χ4v) is 6.72.